The number of rotatable bonds is 7. The van der Waals surface area contributed by atoms with Gasteiger partial charge in [-0.15, -0.1) is 0 Å². The van der Waals surface area contributed by atoms with Gasteiger partial charge < -0.3 is 19.0 Å². The lowest BCUT2D eigenvalue weighted by Gasteiger charge is -2.29. The Balaban J connectivity index is 1.80. The van der Waals surface area contributed by atoms with Gasteiger partial charge in [-0.3, -0.25) is 4.79 Å². The number of fused-ring (bicyclic) bond motifs is 1. The molecule has 2 heterocycles. The van der Waals surface area contributed by atoms with E-state index in [1.807, 2.05) is 61.5 Å². The van der Waals surface area contributed by atoms with Gasteiger partial charge >= 0.3 is 0 Å². The normalized spacial score (nSPS) is 18.5. The van der Waals surface area contributed by atoms with Gasteiger partial charge in [-0.1, -0.05) is 23.7 Å². The first-order valence-electron chi connectivity index (χ1n) is 10.9. The Kier molecular flexibility index (Phi) is 6.87. The molecule has 0 fully saturated rings. The quantitative estimate of drug-likeness (QED) is 0.504. The maximum absolute atomic E-state index is 14.0. The van der Waals surface area contributed by atoms with Crippen LogP contribution in [0.1, 0.15) is 22.8 Å². The molecule has 3 aromatic rings. The monoisotopic (exact) mass is 452 g/mol. The number of methoxy groups -OCH3 is 1. The molecule has 32 heavy (non-hydrogen) atoms. The van der Waals surface area contributed by atoms with Crippen LogP contribution in [0, 0.1) is 5.92 Å². The lowest BCUT2D eigenvalue weighted by atomic mass is 9.79. The number of furan rings is 1. The first-order chi connectivity index (χ1) is 15.5. The number of hydrogen-bond donors (Lipinski definition) is 0. The number of amides is 1. The topological polar surface area (TPSA) is 45.9 Å². The van der Waals surface area contributed by atoms with Gasteiger partial charge in [-0.05, 0) is 74.1 Å². The SMILES string of the molecule is COc1ccc(C2Cc3cc(Cl)ccc3N(CCN(C)C)C(=O)C2Cc2ccco2)cc1. The predicted molar refractivity (Wildman–Crippen MR) is 128 cm³/mol. The van der Waals surface area contributed by atoms with Crippen LogP contribution in [-0.4, -0.2) is 45.1 Å². The second kappa shape index (κ2) is 9.80. The summed E-state index contributed by atoms with van der Waals surface area (Å²) in [6, 6.07) is 17.7. The lowest BCUT2D eigenvalue weighted by molar-refractivity contribution is -0.123. The van der Waals surface area contributed by atoms with Crippen LogP contribution >= 0.6 is 11.6 Å². The summed E-state index contributed by atoms with van der Waals surface area (Å²) in [5.74, 6) is 1.46. The average molecular weight is 453 g/mol. The molecule has 1 aromatic heterocycles. The number of carbonyl (C=O) groups excluding carboxylic acids is 1. The van der Waals surface area contributed by atoms with Crippen LogP contribution in [0.2, 0.25) is 5.02 Å². The Morgan fingerprint density at radius 1 is 1.16 bits per heavy atom. The highest BCUT2D eigenvalue weighted by atomic mass is 35.5. The molecule has 2 unspecified atom stereocenters. The number of likely N-dealkylation sites (N-methyl/N-ethyl adjacent to an activating group) is 1. The number of nitrogens with zero attached hydrogens (tertiary/aromatic N) is 2. The minimum absolute atomic E-state index is 0.0138. The Bertz CT molecular complexity index is 1050. The predicted octanol–water partition coefficient (Wildman–Crippen LogP) is 5.04. The second-order valence-electron chi connectivity index (χ2n) is 8.54. The first kappa shape index (κ1) is 22.4. The number of halogens is 1. The summed E-state index contributed by atoms with van der Waals surface area (Å²) >= 11 is 6.38. The summed E-state index contributed by atoms with van der Waals surface area (Å²) in [5.41, 5.74) is 3.14. The third-order valence-corrected chi connectivity index (χ3v) is 6.39. The fourth-order valence-electron chi connectivity index (χ4n) is 4.46. The summed E-state index contributed by atoms with van der Waals surface area (Å²) in [6.07, 6.45) is 2.93. The molecule has 2 atom stereocenters. The number of benzene rings is 2. The maximum atomic E-state index is 14.0. The Morgan fingerprint density at radius 3 is 2.59 bits per heavy atom. The van der Waals surface area contributed by atoms with Crippen LogP contribution in [0.3, 0.4) is 0 Å². The van der Waals surface area contributed by atoms with Crippen molar-refractivity contribution in [3.63, 3.8) is 0 Å². The molecule has 6 heteroatoms. The van der Waals surface area contributed by atoms with Crippen molar-refractivity contribution < 1.29 is 13.9 Å². The molecule has 0 radical (unpaired) electrons. The van der Waals surface area contributed by atoms with Crippen LogP contribution in [0.15, 0.2) is 65.3 Å². The van der Waals surface area contributed by atoms with Crippen molar-refractivity contribution in [2.45, 2.75) is 18.8 Å². The average Bonchev–Trinajstić information content (AvgIpc) is 3.27. The van der Waals surface area contributed by atoms with E-state index in [-0.39, 0.29) is 17.7 Å². The largest absolute Gasteiger partial charge is 0.497 e. The lowest BCUT2D eigenvalue weighted by Crippen LogP contribution is -2.41. The van der Waals surface area contributed by atoms with Crippen molar-refractivity contribution in [3.8, 4) is 5.75 Å². The maximum Gasteiger partial charge on any atom is 0.231 e. The Morgan fingerprint density at radius 2 is 1.94 bits per heavy atom. The summed E-state index contributed by atoms with van der Waals surface area (Å²) in [5, 5.41) is 0.682. The zero-order chi connectivity index (χ0) is 22.7. The minimum Gasteiger partial charge on any atom is -0.497 e. The summed E-state index contributed by atoms with van der Waals surface area (Å²) in [7, 11) is 5.70. The van der Waals surface area contributed by atoms with Gasteiger partial charge in [0.15, 0.2) is 0 Å². The molecule has 0 spiro atoms. The third kappa shape index (κ3) is 4.84. The van der Waals surface area contributed by atoms with E-state index in [4.69, 9.17) is 20.8 Å². The molecule has 1 aliphatic heterocycles. The Hall–Kier alpha value is -2.76. The molecule has 1 aliphatic rings. The molecule has 5 nitrogen and oxygen atoms in total. The van der Waals surface area contributed by atoms with Gasteiger partial charge in [-0.2, -0.15) is 0 Å². The van der Waals surface area contributed by atoms with Crippen molar-refractivity contribution in [3.05, 3.63) is 82.8 Å². The first-order valence-corrected chi connectivity index (χ1v) is 11.2. The molecule has 2 aromatic carbocycles. The van der Waals surface area contributed by atoms with Crippen LogP contribution < -0.4 is 9.64 Å². The van der Waals surface area contributed by atoms with Crippen molar-refractivity contribution in [1.29, 1.82) is 0 Å². The molecule has 0 bridgehead atoms. The van der Waals surface area contributed by atoms with E-state index in [0.717, 1.165) is 41.3 Å². The fraction of sp³-hybridized carbons (Fsp3) is 0.346. The molecular formula is C26H29ClN2O3. The smallest absolute Gasteiger partial charge is 0.231 e. The molecule has 0 saturated heterocycles. The van der Waals surface area contributed by atoms with E-state index in [0.29, 0.717) is 18.0 Å². The van der Waals surface area contributed by atoms with E-state index in [9.17, 15) is 4.79 Å². The standard InChI is InChI=1S/C26H29ClN2O3/c1-28(2)12-13-29-25-11-8-20(27)15-19(25)16-23(18-6-9-21(31-3)10-7-18)24(26(29)30)17-22-5-4-14-32-22/h4-11,14-15,23-24H,12-13,16-17H2,1-3H3. The zero-order valence-electron chi connectivity index (χ0n) is 18.8. The van der Waals surface area contributed by atoms with Gasteiger partial charge in [0.05, 0.1) is 19.3 Å². The van der Waals surface area contributed by atoms with Crippen LogP contribution in [0.25, 0.3) is 0 Å². The van der Waals surface area contributed by atoms with Gasteiger partial charge in [0.2, 0.25) is 5.91 Å². The molecular weight excluding hydrogens is 424 g/mol. The molecule has 0 N–H and O–H groups in total. The van der Waals surface area contributed by atoms with E-state index in [1.165, 1.54) is 0 Å². The van der Waals surface area contributed by atoms with Crippen LogP contribution in [0.4, 0.5) is 5.69 Å². The molecule has 4 rings (SSSR count). The number of carbonyl (C=O) groups is 1. The van der Waals surface area contributed by atoms with E-state index in [2.05, 4.69) is 17.0 Å². The van der Waals surface area contributed by atoms with Crippen molar-refractivity contribution in [1.82, 2.24) is 4.90 Å². The van der Waals surface area contributed by atoms with Gasteiger partial charge in [0, 0.05) is 36.1 Å². The van der Waals surface area contributed by atoms with Crippen LogP contribution in [-0.2, 0) is 17.6 Å². The molecule has 168 valence electrons. The molecule has 0 saturated carbocycles. The van der Waals surface area contributed by atoms with Crippen molar-refractivity contribution >= 4 is 23.2 Å². The zero-order valence-corrected chi connectivity index (χ0v) is 19.5. The number of ether oxygens (including phenoxy) is 1. The van der Waals surface area contributed by atoms with E-state index >= 15 is 0 Å². The number of anilines is 1. The third-order valence-electron chi connectivity index (χ3n) is 6.16. The summed E-state index contributed by atoms with van der Waals surface area (Å²) in [4.78, 5) is 18.1. The number of hydrogen-bond acceptors (Lipinski definition) is 4. The minimum atomic E-state index is -0.261. The summed E-state index contributed by atoms with van der Waals surface area (Å²) in [6.45, 7) is 1.39. The van der Waals surface area contributed by atoms with E-state index in [1.54, 1.807) is 13.4 Å². The van der Waals surface area contributed by atoms with Gasteiger partial charge in [0.25, 0.3) is 0 Å². The Labute approximate surface area is 194 Å². The summed E-state index contributed by atoms with van der Waals surface area (Å²) < 4.78 is 11.0. The van der Waals surface area contributed by atoms with Gasteiger partial charge in [-0.25, -0.2) is 0 Å². The molecule has 1 amide bonds. The van der Waals surface area contributed by atoms with Crippen molar-refractivity contribution in [2.24, 2.45) is 5.92 Å². The molecule has 0 aliphatic carbocycles. The van der Waals surface area contributed by atoms with Gasteiger partial charge in [0.1, 0.15) is 11.5 Å². The van der Waals surface area contributed by atoms with Crippen LogP contribution in [0.5, 0.6) is 5.75 Å². The second-order valence-corrected chi connectivity index (χ2v) is 8.98. The van der Waals surface area contributed by atoms with E-state index < -0.39 is 0 Å². The highest BCUT2D eigenvalue weighted by Crippen LogP contribution is 2.40. The highest BCUT2D eigenvalue weighted by Gasteiger charge is 2.38. The van der Waals surface area contributed by atoms with Crippen molar-refractivity contribution in [2.75, 3.05) is 39.2 Å². The highest BCUT2D eigenvalue weighted by molar-refractivity contribution is 6.30. The fourth-order valence-corrected chi connectivity index (χ4v) is 4.65.